The molecule has 9 aromatic rings. The third-order valence-corrected chi connectivity index (χ3v) is 21.5. The molecule has 2 N–H and O–H groups in total. The fourth-order valence-electron chi connectivity index (χ4n) is 9.23. The summed E-state index contributed by atoms with van der Waals surface area (Å²) in [6.45, 7) is 7.53. The molecule has 1 aliphatic heterocycles. The zero-order valence-electron chi connectivity index (χ0n) is 52.1. The Hall–Kier alpha value is -0.936. The van der Waals surface area contributed by atoms with Gasteiger partial charge in [-0.05, 0) is 167 Å². The summed E-state index contributed by atoms with van der Waals surface area (Å²) in [4.78, 5) is 19.9. The van der Waals surface area contributed by atoms with Crippen molar-refractivity contribution in [3.63, 3.8) is 0 Å². The summed E-state index contributed by atoms with van der Waals surface area (Å²) in [5.74, 6) is -3.68. The molecule has 0 saturated carbocycles. The Morgan fingerprint density at radius 2 is 0.968 bits per heavy atom. The van der Waals surface area contributed by atoms with E-state index in [0.29, 0.717) is 50.1 Å². The van der Waals surface area contributed by atoms with Crippen LogP contribution in [0.3, 0.4) is 0 Å². The van der Waals surface area contributed by atoms with Crippen molar-refractivity contribution in [3.05, 3.63) is 217 Å². The molecule has 36 heteroatoms. The molecule has 6 aromatic carbocycles. The zero-order valence-corrected chi connectivity index (χ0v) is 70.6. The molecule has 4 heterocycles. The van der Waals surface area contributed by atoms with Crippen molar-refractivity contribution in [2.24, 2.45) is 0 Å². The van der Waals surface area contributed by atoms with E-state index in [1.54, 1.807) is 0 Å². The average Bonchev–Trinajstić information content (AvgIpc) is 1.67. The van der Waals surface area contributed by atoms with Crippen molar-refractivity contribution in [3.8, 4) is 31.7 Å². The third kappa shape index (κ3) is 21.8. The first-order valence-corrected chi connectivity index (χ1v) is 51.8. The van der Waals surface area contributed by atoms with Crippen LogP contribution in [0, 0.1) is 34.9 Å². The van der Waals surface area contributed by atoms with E-state index >= 15 is 0 Å². The maximum Gasteiger partial charge on any atom is 1.00 e. The van der Waals surface area contributed by atoms with Gasteiger partial charge in [0.1, 0.15) is 49.9 Å². The van der Waals surface area contributed by atoms with Crippen LogP contribution in [-0.4, -0.2) is 147 Å². The van der Waals surface area contributed by atoms with E-state index in [1.807, 2.05) is 88.4 Å². The molecule has 1 fully saturated rings. The van der Waals surface area contributed by atoms with Crippen LogP contribution in [0.25, 0.3) is 46.4 Å². The Balaban J connectivity index is 0.000000222. The molecule has 18 nitrogen and oxygen atoms in total. The number of fused-ring (bicyclic) bond motifs is 3. The van der Waals surface area contributed by atoms with Crippen molar-refractivity contribution in [2.75, 3.05) is 12.5 Å². The monoisotopic (exact) mass is 1610 g/mol. The summed E-state index contributed by atoms with van der Waals surface area (Å²) in [5, 5.41) is 32.0. The molecule has 476 valence electrons. The fourth-order valence-corrected chi connectivity index (χ4v) is 13.8. The van der Waals surface area contributed by atoms with E-state index in [9.17, 15) is 48.0 Å². The van der Waals surface area contributed by atoms with Gasteiger partial charge >= 0.3 is 164 Å². The van der Waals surface area contributed by atoms with Gasteiger partial charge in [-0.3, -0.25) is 4.79 Å². The number of hydrogen-bond acceptors (Lipinski definition) is 20. The minimum atomic E-state index is -3.42. The van der Waals surface area contributed by atoms with Crippen LogP contribution in [0.4, 0.5) is 26.3 Å². The van der Waals surface area contributed by atoms with Crippen molar-refractivity contribution in [1.82, 2.24) is 30.6 Å². The van der Waals surface area contributed by atoms with E-state index in [-0.39, 0.29) is 105 Å². The largest absolute Gasteiger partial charge is 1.00 e. The van der Waals surface area contributed by atoms with Gasteiger partial charge in [-0.25, -0.2) is 53.0 Å². The minimum absolute atomic E-state index is 0. The SMILES string of the molecule is CC1(C)OB(c2ccc(F)cc2F)OC1(C)C.CS(=O)(=O)c1nnc(-c2ccc3c(c2)C(I)=CC3)s1.CS(=O)(=O)c1nnc(-c2ccc3c(c2)C(c2ccc(F)cc2F)=CC3)s1.O=[P+]([O-])O[O-].O=c1[nH]nc(-c2ccc3c(c2)C(c2ccc(F)cc2F)=CC3)s1.[K+].[K][K].[Na+].[OH-]. The number of aromatic nitrogens is 6. The average molecular weight is 1620 g/mol. The number of rotatable bonds is 9. The topological polar surface area (TPSA) is 286 Å². The molecule has 1 unspecified atom stereocenters. The number of halogens is 7. The van der Waals surface area contributed by atoms with Crippen molar-refractivity contribution in [2.45, 2.75) is 66.8 Å². The smallest absolute Gasteiger partial charge is 0.870 e. The van der Waals surface area contributed by atoms with Crippen LogP contribution in [-0.2, 0) is 57.5 Å². The standard InChI is InChI=1S/C18H12F2N2O2S2.C17H10F2N2OS.C12H15BF2O2.C12H9IN2O2S2.3K.Na.HO4P.H2O/c1-26(23,24)18-22-21-17(25-18)11-3-2-10-4-6-13(15(10)8-11)14-7-5-12(19)9-16(14)20;18-11-4-6-13(15(19)8-11)12-5-3-9-1-2-10(7-14(9)12)16-20-21-17(22)23-16;1-11(2)12(3,4)17-13(16-11)9-6-5-8(14)7-10(9)15;1-19(16,17)12-15-14-11(18-12)8-3-2-7-4-5-10(13)9(7)6-8;;;;;1-4-5(2)3;/h2-3,5-9H,4H2,1H3;1-2,4-8H,3H2,(H,21,22);5-7H,1-4H3;2-3,5-6H,4H2,1H3;;;;;1H;1H2/q;;;;;;2*+1;;/p-2. The molecule has 4 aliphatic rings. The van der Waals surface area contributed by atoms with E-state index in [4.69, 9.17) is 24.0 Å². The van der Waals surface area contributed by atoms with Crippen LogP contribution in [0.2, 0.25) is 0 Å². The zero-order chi connectivity index (χ0) is 67.2. The van der Waals surface area contributed by atoms with Gasteiger partial charge in [0, 0.05) is 67.6 Å². The van der Waals surface area contributed by atoms with Gasteiger partial charge in [-0.1, -0.05) is 94.7 Å². The molecule has 0 spiro atoms. The molecule has 3 aliphatic carbocycles. The van der Waals surface area contributed by atoms with E-state index in [2.05, 4.69) is 70.0 Å². The van der Waals surface area contributed by atoms with Gasteiger partial charge in [0.15, 0.2) is 0 Å². The van der Waals surface area contributed by atoms with Gasteiger partial charge in [0.05, 0.1) is 11.2 Å². The number of allylic oxidation sites excluding steroid dienone is 3. The Kier molecular flexibility index (Phi) is 33.0. The Morgan fingerprint density at radius 1 is 0.589 bits per heavy atom. The van der Waals surface area contributed by atoms with Crippen LogP contribution >= 0.6 is 64.9 Å². The molecule has 3 aromatic heterocycles. The first-order valence-electron chi connectivity index (χ1n) is 27.3. The molecule has 0 amide bonds. The molecular weight excluding hydrogens is 1570 g/mol. The number of aromatic amines is 1. The van der Waals surface area contributed by atoms with Crippen molar-refractivity contribution in [1.29, 1.82) is 0 Å². The minimum Gasteiger partial charge on any atom is -0.870 e. The third-order valence-electron chi connectivity index (χ3n) is 14.3. The maximum atomic E-state index is 14.2. The second-order valence-corrected chi connectivity index (χ2v) is 30.1. The number of nitrogens with zero attached hydrogens (tertiary/aromatic N) is 5. The Labute approximate surface area is 679 Å². The molecule has 13 rings (SSSR count). The molecule has 95 heavy (non-hydrogen) atoms. The summed E-state index contributed by atoms with van der Waals surface area (Å²) in [6, 6.07) is 27.9. The van der Waals surface area contributed by atoms with Crippen LogP contribution in [0.5, 0.6) is 0 Å². The van der Waals surface area contributed by atoms with E-state index < -0.39 is 81.2 Å². The number of H-pyrrole nitrogens is 1. The normalized spacial score (nSPS) is 14.3. The number of sulfone groups is 2. The quantitative estimate of drug-likeness (QED) is 0.0529. The second-order valence-electron chi connectivity index (χ2n) is 21.0. The summed E-state index contributed by atoms with van der Waals surface area (Å²) in [7, 11) is -10.6. The predicted molar refractivity (Wildman–Crippen MR) is 349 cm³/mol. The Bertz CT molecular complexity index is 4690. The molecule has 1 saturated heterocycles. The summed E-state index contributed by atoms with van der Waals surface area (Å²) >= 11 is 7.93. The van der Waals surface area contributed by atoms with Gasteiger partial charge in [-0.15, -0.1) is 20.4 Å². The van der Waals surface area contributed by atoms with Gasteiger partial charge in [0.2, 0.25) is 28.4 Å². The first kappa shape index (κ1) is 84.7. The van der Waals surface area contributed by atoms with Crippen LogP contribution in [0.15, 0.2) is 141 Å². The second kappa shape index (κ2) is 37.0. The maximum absolute atomic E-state index is 14.2. The predicted octanol–water partition coefficient (Wildman–Crippen LogP) is 4.21. The van der Waals surface area contributed by atoms with E-state index in [1.165, 1.54) is 114 Å². The van der Waals surface area contributed by atoms with Gasteiger partial charge < -0.3 is 24.9 Å². The van der Waals surface area contributed by atoms with Gasteiger partial charge in [0.25, 0.3) is 0 Å². The molecular formula is C59H47BF6IK3N6NaO12PS5. The summed E-state index contributed by atoms with van der Waals surface area (Å²) < 4.78 is 151. The number of benzene rings is 6. The first-order chi connectivity index (χ1) is 43.4. The summed E-state index contributed by atoms with van der Waals surface area (Å²) in [5.41, 5.74) is 9.99. The van der Waals surface area contributed by atoms with Crippen LogP contribution in [0.1, 0.15) is 72.2 Å². The molecule has 0 bridgehead atoms. The number of hydrogen-bond donors (Lipinski definition) is 1. The van der Waals surface area contributed by atoms with Crippen LogP contribution < -0.4 is 101 Å². The summed E-state index contributed by atoms with van der Waals surface area (Å²) in [6.07, 6.45) is 10.5. The number of nitrogens with one attached hydrogen (secondary N) is 1. The van der Waals surface area contributed by atoms with E-state index in [0.717, 1.165) is 110 Å². The molecule has 0 radical (unpaired) electrons. The van der Waals surface area contributed by atoms with Crippen molar-refractivity contribution < 1.29 is 158 Å². The Morgan fingerprint density at radius 3 is 1.34 bits per heavy atom. The fraction of sp³-hybridized carbons (Fsp3) is 0.186. The van der Waals surface area contributed by atoms with Gasteiger partial charge in [-0.2, -0.15) is 5.10 Å². The van der Waals surface area contributed by atoms with Crippen molar-refractivity contribution >= 4 is 175 Å². The molecule has 1 atom stereocenters.